The molecule has 5 heteroatoms. The molecule has 1 atom stereocenters. The SMILES string of the molecule is COc1ccc([C@@H](CC(=O)NCc2ccncc2)c2cn(C)c3ccccc23)cc1. The Bertz CT molecular complexity index is 1130. The first-order valence-corrected chi connectivity index (χ1v) is 9.99. The number of hydrogen-bond acceptors (Lipinski definition) is 3. The van der Waals surface area contributed by atoms with Crippen molar-refractivity contribution < 1.29 is 9.53 Å². The Hall–Kier alpha value is -3.60. The van der Waals surface area contributed by atoms with E-state index in [0.717, 1.165) is 28.0 Å². The summed E-state index contributed by atoms with van der Waals surface area (Å²) < 4.78 is 7.43. The molecular formula is C25H25N3O2. The van der Waals surface area contributed by atoms with Crippen LogP contribution in [0, 0.1) is 0 Å². The lowest BCUT2D eigenvalue weighted by Crippen LogP contribution is -2.25. The molecule has 152 valence electrons. The zero-order chi connectivity index (χ0) is 20.9. The molecule has 4 aromatic rings. The van der Waals surface area contributed by atoms with E-state index in [-0.39, 0.29) is 11.8 Å². The summed E-state index contributed by atoms with van der Waals surface area (Å²) in [5.41, 5.74) is 4.43. The Morgan fingerprint density at radius 3 is 2.53 bits per heavy atom. The molecule has 2 heterocycles. The Kier molecular flexibility index (Phi) is 5.80. The van der Waals surface area contributed by atoms with Crippen LogP contribution in [-0.2, 0) is 18.4 Å². The van der Waals surface area contributed by atoms with E-state index in [9.17, 15) is 4.79 Å². The molecule has 0 fully saturated rings. The second-order valence-electron chi connectivity index (χ2n) is 7.37. The normalized spacial score (nSPS) is 11.9. The molecule has 2 aromatic carbocycles. The molecule has 0 radical (unpaired) electrons. The lowest BCUT2D eigenvalue weighted by Gasteiger charge is -2.18. The Morgan fingerprint density at radius 2 is 1.80 bits per heavy atom. The zero-order valence-corrected chi connectivity index (χ0v) is 17.2. The van der Waals surface area contributed by atoms with Crippen molar-refractivity contribution in [2.75, 3.05) is 7.11 Å². The highest BCUT2D eigenvalue weighted by Crippen LogP contribution is 2.35. The van der Waals surface area contributed by atoms with Gasteiger partial charge in [0, 0.05) is 55.4 Å². The van der Waals surface area contributed by atoms with Crippen molar-refractivity contribution in [1.29, 1.82) is 0 Å². The highest BCUT2D eigenvalue weighted by atomic mass is 16.5. The number of para-hydroxylation sites is 1. The zero-order valence-electron chi connectivity index (χ0n) is 17.2. The number of rotatable bonds is 7. The summed E-state index contributed by atoms with van der Waals surface area (Å²) in [6.07, 6.45) is 5.97. The van der Waals surface area contributed by atoms with E-state index in [0.29, 0.717) is 13.0 Å². The van der Waals surface area contributed by atoms with Crippen molar-refractivity contribution in [3.63, 3.8) is 0 Å². The van der Waals surface area contributed by atoms with E-state index in [1.54, 1.807) is 19.5 Å². The van der Waals surface area contributed by atoms with Crippen LogP contribution in [0.15, 0.2) is 79.3 Å². The monoisotopic (exact) mass is 399 g/mol. The maximum absolute atomic E-state index is 12.9. The van der Waals surface area contributed by atoms with Gasteiger partial charge in [-0.05, 0) is 47.0 Å². The quantitative estimate of drug-likeness (QED) is 0.500. The van der Waals surface area contributed by atoms with Crippen molar-refractivity contribution in [1.82, 2.24) is 14.9 Å². The van der Waals surface area contributed by atoms with Crippen LogP contribution in [-0.4, -0.2) is 22.6 Å². The van der Waals surface area contributed by atoms with Crippen molar-refractivity contribution >= 4 is 16.8 Å². The van der Waals surface area contributed by atoms with Crippen LogP contribution in [0.5, 0.6) is 5.75 Å². The molecular weight excluding hydrogens is 374 g/mol. The third-order valence-electron chi connectivity index (χ3n) is 5.45. The number of methoxy groups -OCH3 is 1. The first kappa shape index (κ1) is 19.7. The van der Waals surface area contributed by atoms with Gasteiger partial charge in [-0.15, -0.1) is 0 Å². The van der Waals surface area contributed by atoms with E-state index in [1.807, 2.05) is 55.6 Å². The fourth-order valence-electron chi connectivity index (χ4n) is 3.85. The highest BCUT2D eigenvalue weighted by molar-refractivity contribution is 5.86. The van der Waals surface area contributed by atoms with Crippen LogP contribution < -0.4 is 10.1 Å². The van der Waals surface area contributed by atoms with Crippen molar-refractivity contribution in [2.45, 2.75) is 18.9 Å². The van der Waals surface area contributed by atoms with Gasteiger partial charge < -0.3 is 14.6 Å². The number of amides is 1. The molecule has 0 saturated carbocycles. The molecule has 0 unspecified atom stereocenters. The number of aromatic nitrogens is 2. The molecule has 0 aliphatic rings. The Labute approximate surface area is 176 Å². The molecule has 0 spiro atoms. The summed E-state index contributed by atoms with van der Waals surface area (Å²) in [6, 6.07) is 20.1. The minimum atomic E-state index is -0.0561. The molecule has 5 nitrogen and oxygen atoms in total. The Balaban J connectivity index is 1.64. The van der Waals surface area contributed by atoms with Gasteiger partial charge in [0.1, 0.15) is 5.75 Å². The fourth-order valence-corrected chi connectivity index (χ4v) is 3.85. The van der Waals surface area contributed by atoms with Gasteiger partial charge in [0.05, 0.1) is 7.11 Å². The number of hydrogen-bond donors (Lipinski definition) is 1. The number of aryl methyl sites for hydroxylation is 1. The molecule has 4 rings (SSSR count). The smallest absolute Gasteiger partial charge is 0.221 e. The number of ether oxygens (including phenoxy) is 1. The standard InChI is InChI=1S/C25H25N3O2/c1-28-17-23(21-5-3-4-6-24(21)28)22(19-7-9-20(30-2)10-8-19)15-25(29)27-16-18-11-13-26-14-12-18/h3-14,17,22H,15-16H2,1-2H3,(H,27,29)/t22-/m1/s1. The molecule has 0 bridgehead atoms. The van der Waals surface area contributed by atoms with Gasteiger partial charge in [-0.3, -0.25) is 9.78 Å². The number of pyridine rings is 1. The molecule has 30 heavy (non-hydrogen) atoms. The maximum Gasteiger partial charge on any atom is 0.221 e. The van der Waals surface area contributed by atoms with E-state index in [4.69, 9.17) is 4.74 Å². The van der Waals surface area contributed by atoms with Crippen LogP contribution in [0.2, 0.25) is 0 Å². The molecule has 1 amide bonds. The molecule has 0 saturated heterocycles. The summed E-state index contributed by atoms with van der Waals surface area (Å²) in [7, 11) is 3.70. The van der Waals surface area contributed by atoms with Crippen LogP contribution in [0.3, 0.4) is 0 Å². The van der Waals surface area contributed by atoms with Gasteiger partial charge in [0.15, 0.2) is 0 Å². The third-order valence-corrected chi connectivity index (χ3v) is 5.45. The molecule has 0 aliphatic carbocycles. The first-order valence-electron chi connectivity index (χ1n) is 9.99. The number of fused-ring (bicyclic) bond motifs is 1. The number of nitrogens with one attached hydrogen (secondary N) is 1. The predicted molar refractivity (Wildman–Crippen MR) is 118 cm³/mol. The van der Waals surface area contributed by atoms with Gasteiger partial charge >= 0.3 is 0 Å². The highest BCUT2D eigenvalue weighted by Gasteiger charge is 2.22. The second-order valence-corrected chi connectivity index (χ2v) is 7.37. The summed E-state index contributed by atoms with van der Waals surface area (Å²) >= 11 is 0. The van der Waals surface area contributed by atoms with E-state index in [2.05, 4.69) is 33.2 Å². The van der Waals surface area contributed by atoms with Crippen molar-refractivity contribution in [3.05, 3.63) is 95.9 Å². The number of nitrogens with zero attached hydrogens (tertiary/aromatic N) is 2. The fraction of sp³-hybridized carbons (Fsp3) is 0.200. The van der Waals surface area contributed by atoms with Crippen LogP contribution in [0.4, 0.5) is 0 Å². The number of carbonyl (C=O) groups excluding carboxylic acids is 1. The van der Waals surface area contributed by atoms with E-state index < -0.39 is 0 Å². The van der Waals surface area contributed by atoms with Gasteiger partial charge in [0.25, 0.3) is 0 Å². The van der Waals surface area contributed by atoms with Crippen molar-refractivity contribution in [2.24, 2.45) is 7.05 Å². The molecule has 2 aromatic heterocycles. The van der Waals surface area contributed by atoms with E-state index >= 15 is 0 Å². The van der Waals surface area contributed by atoms with Gasteiger partial charge in [-0.1, -0.05) is 30.3 Å². The maximum atomic E-state index is 12.9. The summed E-state index contributed by atoms with van der Waals surface area (Å²) in [4.78, 5) is 16.9. The van der Waals surface area contributed by atoms with Gasteiger partial charge in [-0.2, -0.15) is 0 Å². The second kappa shape index (κ2) is 8.82. The van der Waals surface area contributed by atoms with Crippen molar-refractivity contribution in [3.8, 4) is 5.75 Å². The third kappa shape index (κ3) is 4.20. The molecule has 1 N–H and O–H groups in total. The summed E-state index contributed by atoms with van der Waals surface area (Å²) in [6.45, 7) is 0.492. The predicted octanol–water partition coefficient (Wildman–Crippen LogP) is 4.42. The minimum Gasteiger partial charge on any atom is -0.497 e. The average Bonchev–Trinajstić information content (AvgIpc) is 3.13. The van der Waals surface area contributed by atoms with E-state index in [1.165, 1.54) is 5.39 Å². The van der Waals surface area contributed by atoms with Crippen LogP contribution in [0.25, 0.3) is 10.9 Å². The topological polar surface area (TPSA) is 56.1 Å². The minimum absolute atomic E-state index is 0.0144. The molecule has 0 aliphatic heterocycles. The average molecular weight is 399 g/mol. The largest absolute Gasteiger partial charge is 0.497 e. The number of carbonyl (C=O) groups is 1. The first-order chi connectivity index (χ1) is 14.7. The lowest BCUT2D eigenvalue weighted by atomic mass is 9.88. The summed E-state index contributed by atoms with van der Waals surface area (Å²) in [5, 5.41) is 4.22. The van der Waals surface area contributed by atoms with Gasteiger partial charge in [0.2, 0.25) is 5.91 Å². The number of benzene rings is 2. The lowest BCUT2D eigenvalue weighted by molar-refractivity contribution is -0.121. The van der Waals surface area contributed by atoms with Crippen LogP contribution >= 0.6 is 0 Å². The van der Waals surface area contributed by atoms with Gasteiger partial charge in [-0.25, -0.2) is 0 Å². The summed E-state index contributed by atoms with van der Waals surface area (Å²) in [5.74, 6) is 0.762. The Morgan fingerprint density at radius 1 is 1.07 bits per heavy atom. The van der Waals surface area contributed by atoms with Crippen LogP contribution in [0.1, 0.15) is 29.0 Å².